The van der Waals surface area contributed by atoms with Crippen LogP contribution in [0.5, 0.6) is 0 Å². The van der Waals surface area contributed by atoms with Crippen LogP contribution in [0.15, 0.2) is 33.7 Å². The van der Waals surface area contributed by atoms with E-state index in [1.54, 1.807) is 11.8 Å². The van der Waals surface area contributed by atoms with Gasteiger partial charge in [-0.25, -0.2) is 19.6 Å². The van der Waals surface area contributed by atoms with Crippen LogP contribution in [0, 0.1) is 5.92 Å². The van der Waals surface area contributed by atoms with Gasteiger partial charge < -0.3 is 121 Å². The van der Waals surface area contributed by atoms with E-state index in [1.807, 2.05) is 6.92 Å². The van der Waals surface area contributed by atoms with Crippen LogP contribution in [-0.2, 0) is 85.6 Å². The number of guanidine groups is 2. The van der Waals surface area contributed by atoms with E-state index in [9.17, 15) is 59.4 Å². The molecule has 0 saturated carbocycles. The Bertz CT molecular complexity index is 2050. The predicted molar refractivity (Wildman–Crippen MR) is 290 cm³/mol. The standard InChI is InChI=1S/C51H88N8O24/c1-4-12-72-18-24-78-26-27-79-25-21-75-15-9-40(65)59(10-16-76-22-19-73-13-5-7-41(66)82-45(36(63)30-60)44-32(2)34(57-50(52)53)28-38(80-44)48(68)69)11-17-77-23-20-74-14-6-8-42(67)83-46(37(64)31-61)47-43(56-33(3)62)35(58-51(54)55)29-39(81-47)49(70)71/h28-29,32,34-37,43-47,60-61,63-64H,4-27,30-31H2,1-3H3,(H,56,62)(H,68,69)(H,70,71)(H4,52,53,57)(H4,54,55,58)/t32-,34+,35+,36-,37-,43-,44-,45-,46-,47-/m1/s1. The fourth-order valence-corrected chi connectivity index (χ4v) is 7.98. The number of aliphatic carboxylic acids is 2. The van der Waals surface area contributed by atoms with Crippen LogP contribution in [0.4, 0.5) is 0 Å². The number of ether oxygens (including phenoxy) is 12. The van der Waals surface area contributed by atoms with Gasteiger partial charge in [-0.15, -0.1) is 0 Å². The lowest BCUT2D eigenvalue weighted by Crippen LogP contribution is -2.60. The second-order valence-corrected chi connectivity index (χ2v) is 18.7. The van der Waals surface area contributed by atoms with Gasteiger partial charge in [-0.05, 0) is 31.4 Å². The summed E-state index contributed by atoms with van der Waals surface area (Å²) >= 11 is 0. The molecule has 0 unspecified atom stereocenters. The molecule has 2 amide bonds. The van der Waals surface area contributed by atoms with E-state index in [1.165, 1.54) is 6.08 Å². The normalized spacial score (nSPS) is 19.9. The third-order valence-corrected chi connectivity index (χ3v) is 12.0. The summed E-state index contributed by atoms with van der Waals surface area (Å²) in [5, 5.41) is 62.5. The van der Waals surface area contributed by atoms with Crippen molar-refractivity contribution >= 4 is 47.6 Å². The number of nitrogens with zero attached hydrogens (tertiary/aromatic N) is 3. The number of carbonyl (C=O) groups excluding carboxylic acids is 4. The number of carboxylic acid groups (broad SMARTS) is 2. The smallest absolute Gasteiger partial charge is 0.370 e. The monoisotopic (exact) mass is 1200 g/mol. The van der Waals surface area contributed by atoms with Crippen LogP contribution >= 0.6 is 0 Å². The Hall–Kier alpha value is -6.04. The Morgan fingerprint density at radius 1 is 0.578 bits per heavy atom. The molecule has 15 N–H and O–H groups in total. The van der Waals surface area contributed by atoms with Crippen LogP contribution in [0.3, 0.4) is 0 Å². The number of aliphatic hydroxyl groups excluding tert-OH is 4. The number of esters is 2. The van der Waals surface area contributed by atoms with Gasteiger partial charge in [-0.2, -0.15) is 0 Å². The minimum atomic E-state index is -1.78. The van der Waals surface area contributed by atoms with Crippen molar-refractivity contribution in [3.8, 4) is 0 Å². The van der Waals surface area contributed by atoms with E-state index in [4.69, 9.17) is 79.8 Å². The molecule has 0 bridgehead atoms. The van der Waals surface area contributed by atoms with E-state index in [0.717, 1.165) is 19.4 Å². The van der Waals surface area contributed by atoms with Crippen molar-refractivity contribution in [2.75, 3.05) is 132 Å². The molecular weight excluding hydrogens is 1110 g/mol. The molecule has 32 heteroatoms. The summed E-state index contributed by atoms with van der Waals surface area (Å²) in [4.78, 5) is 84.4. The van der Waals surface area contributed by atoms with Crippen molar-refractivity contribution in [2.45, 2.75) is 114 Å². The van der Waals surface area contributed by atoms with Gasteiger partial charge in [-0.1, -0.05) is 13.8 Å². The molecule has 0 aromatic rings. The Morgan fingerprint density at radius 3 is 1.39 bits per heavy atom. The Labute approximate surface area is 481 Å². The minimum absolute atomic E-state index is 0.0610. The summed E-state index contributed by atoms with van der Waals surface area (Å²) in [6.45, 7) is 7.50. The number of nitrogens with one attached hydrogen (secondary N) is 1. The van der Waals surface area contributed by atoms with Gasteiger partial charge in [0.25, 0.3) is 0 Å². The van der Waals surface area contributed by atoms with Gasteiger partial charge in [0, 0.05) is 58.6 Å². The number of carbonyl (C=O) groups is 6. The molecule has 0 aliphatic carbocycles. The van der Waals surface area contributed by atoms with Crippen LogP contribution in [0.2, 0.25) is 0 Å². The lowest BCUT2D eigenvalue weighted by atomic mass is 9.87. The van der Waals surface area contributed by atoms with E-state index >= 15 is 0 Å². The van der Waals surface area contributed by atoms with E-state index in [0.29, 0.717) is 39.6 Å². The van der Waals surface area contributed by atoms with Crippen LogP contribution in [0.25, 0.3) is 0 Å². The number of hydrogen-bond acceptors (Lipinski definition) is 24. The maximum absolute atomic E-state index is 13.3. The lowest BCUT2D eigenvalue weighted by molar-refractivity contribution is -0.176. The van der Waals surface area contributed by atoms with E-state index in [2.05, 4.69) is 15.3 Å². The lowest BCUT2D eigenvalue weighted by Gasteiger charge is -2.39. The molecule has 2 heterocycles. The minimum Gasteiger partial charge on any atom is -0.479 e. The molecule has 2 rings (SSSR count). The third-order valence-electron chi connectivity index (χ3n) is 12.0. The molecule has 0 aromatic heterocycles. The van der Waals surface area contributed by atoms with Crippen molar-refractivity contribution < 1.29 is 116 Å². The van der Waals surface area contributed by atoms with Gasteiger partial charge >= 0.3 is 23.9 Å². The largest absolute Gasteiger partial charge is 0.479 e. The number of nitrogens with two attached hydrogens (primary N) is 4. The fourth-order valence-electron chi connectivity index (χ4n) is 7.98. The quantitative estimate of drug-likeness (QED) is 0.0120. The van der Waals surface area contributed by atoms with E-state index < -0.39 is 121 Å². The molecule has 32 nitrogen and oxygen atoms in total. The number of carboxylic acids is 2. The van der Waals surface area contributed by atoms with Gasteiger partial charge in [0.1, 0.15) is 18.3 Å². The van der Waals surface area contributed by atoms with Crippen molar-refractivity contribution in [2.24, 2.45) is 38.8 Å². The average Bonchev–Trinajstić information content (AvgIpc) is 3.32. The Kier molecular flexibility index (Phi) is 37.6. The third kappa shape index (κ3) is 30.4. The second-order valence-electron chi connectivity index (χ2n) is 18.7. The number of rotatable bonds is 47. The Morgan fingerprint density at radius 2 is 0.964 bits per heavy atom. The van der Waals surface area contributed by atoms with Crippen molar-refractivity contribution in [1.29, 1.82) is 0 Å². The van der Waals surface area contributed by atoms with Crippen molar-refractivity contribution in [1.82, 2.24) is 10.2 Å². The molecular formula is C51H88N8O24. The molecule has 2 aliphatic heterocycles. The summed E-state index contributed by atoms with van der Waals surface area (Å²) in [5.74, 6) is -8.10. The number of hydrogen-bond donors (Lipinski definition) is 11. The summed E-state index contributed by atoms with van der Waals surface area (Å²) in [5.41, 5.74) is 22.1. The Balaban J connectivity index is 1.85. The molecule has 10 atom stereocenters. The summed E-state index contributed by atoms with van der Waals surface area (Å²) in [7, 11) is 0. The zero-order valence-corrected chi connectivity index (χ0v) is 47.5. The fraction of sp³-hybridized carbons (Fsp3) is 0.765. The molecule has 0 radical (unpaired) electrons. The maximum Gasteiger partial charge on any atom is 0.370 e. The van der Waals surface area contributed by atoms with E-state index in [-0.39, 0.29) is 123 Å². The number of aliphatic imine (C=N–C) groups is 2. The van der Waals surface area contributed by atoms with Crippen LogP contribution in [-0.4, -0.2) is 270 Å². The van der Waals surface area contributed by atoms with Crippen molar-refractivity contribution in [3.63, 3.8) is 0 Å². The molecule has 2 aliphatic rings. The first-order chi connectivity index (χ1) is 39.7. The van der Waals surface area contributed by atoms with Crippen molar-refractivity contribution in [3.05, 3.63) is 23.7 Å². The summed E-state index contributed by atoms with van der Waals surface area (Å²) < 4.78 is 66.6. The molecule has 0 spiro atoms. The highest BCUT2D eigenvalue weighted by molar-refractivity contribution is 5.86. The predicted octanol–water partition coefficient (Wildman–Crippen LogP) is -4.00. The molecule has 0 fully saturated rings. The zero-order valence-electron chi connectivity index (χ0n) is 47.5. The van der Waals surface area contributed by atoms with Gasteiger partial charge in [0.15, 0.2) is 30.2 Å². The molecule has 0 saturated heterocycles. The highest BCUT2D eigenvalue weighted by atomic mass is 16.6. The molecule has 476 valence electrons. The maximum atomic E-state index is 13.3. The first-order valence-electron chi connectivity index (χ1n) is 27.3. The number of aliphatic hydroxyl groups is 4. The first kappa shape index (κ1) is 73.1. The highest BCUT2D eigenvalue weighted by Crippen LogP contribution is 2.31. The van der Waals surface area contributed by atoms with Gasteiger partial charge in [0.2, 0.25) is 23.3 Å². The highest BCUT2D eigenvalue weighted by Gasteiger charge is 2.47. The first-order valence-corrected chi connectivity index (χ1v) is 27.3. The van der Waals surface area contributed by atoms with Crippen LogP contribution in [0.1, 0.15) is 59.3 Å². The van der Waals surface area contributed by atoms with Gasteiger partial charge in [-0.3, -0.25) is 19.2 Å². The van der Waals surface area contributed by atoms with Crippen LogP contribution < -0.4 is 28.3 Å². The molecule has 83 heavy (non-hydrogen) atoms. The summed E-state index contributed by atoms with van der Waals surface area (Å²) in [6, 6.07) is -3.34. The summed E-state index contributed by atoms with van der Waals surface area (Å²) in [6.07, 6.45) is -6.20. The molecule has 0 aromatic carbocycles. The SMILES string of the molecule is CCCOCCOCCOCCOCCC(=O)N(CCOCCOCCCC(=O)O[C@@H]([C@@H]1OC(C(=O)O)=C[C@H](N=C(N)N)[C@H]1C)[C@H](O)CO)CCOCCOCCCC(=O)O[C@@H]([C@@H]1OC(C(=O)O)=C[C@H](N=C(N)N)[C@H]1NC(C)=O)[C@H](O)CO. The van der Waals surface area contributed by atoms with Gasteiger partial charge in [0.05, 0.1) is 124 Å². The zero-order chi connectivity index (χ0) is 61.5. The number of amides is 2. The second kappa shape index (κ2) is 42.7. The topological polar surface area (TPSA) is 479 Å². The average molecular weight is 1200 g/mol.